The van der Waals surface area contributed by atoms with Crippen LogP contribution in [0.5, 0.6) is 0 Å². The van der Waals surface area contributed by atoms with Crippen LogP contribution in [0.3, 0.4) is 0 Å². The van der Waals surface area contributed by atoms with Gasteiger partial charge in [0.1, 0.15) is 5.78 Å². The molecule has 5 atom stereocenters. The second-order valence-corrected chi connectivity index (χ2v) is 8.81. The molecule has 5 unspecified atom stereocenters. The van der Waals surface area contributed by atoms with Gasteiger partial charge in [-0.2, -0.15) is 0 Å². The number of ketones is 3. The Morgan fingerprint density at radius 1 is 1.17 bits per heavy atom. The minimum atomic E-state index is -0.272. The van der Waals surface area contributed by atoms with E-state index in [2.05, 4.69) is 19.9 Å². The molecule has 3 heteroatoms. The topological polar surface area (TPSA) is 51.2 Å². The smallest absolute Gasteiger partial charge is 0.156 e. The van der Waals surface area contributed by atoms with Crippen molar-refractivity contribution < 1.29 is 14.4 Å². The minimum absolute atomic E-state index is 0.0309. The summed E-state index contributed by atoms with van der Waals surface area (Å²) in [6.45, 7) is 5.97. The third kappa shape index (κ3) is 1.93. The monoisotopic (exact) mass is 326 g/mol. The van der Waals surface area contributed by atoms with E-state index < -0.39 is 0 Å². The molecule has 0 aromatic rings. The van der Waals surface area contributed by atoms with E-state index in [1.165, 1.54) is 5.57 Å². The Morgan fingerprint density at radius 3 is 2.62 bits per heavy atom. The molecule has 3 nitrogen and oxygen atoms in total. The molecular weight excluding hydrogens is 300 g/mol. The number of fused-ring (bicyclic) bond motifs is 5. The summed E-state index contributed by atoms with van der Waals surface area (Å²) >= 11 is 0. The zero-order valence-electron chi connectivity index (χ0n) is 14.9. The number of hydrogen-bond acceptors (Lipinski definition) is 3. The maximum Gasteiger partial charge on any atom is 0.156 e. The molecule has 0 heterocycles. The molecule has 0 aromatic carbocycles. The Morgan fingerprint density at radius 2 is 1.92 bits per heavy atom. The average molecular weight is 326 g/mol. The van der Waals surface area contributed by atoms with Crippen molar-refractivity contribution in [3.63, 3.8) is 0 Å². The zero-order valence-corrected chi connectivity index (χ0v) is 14.9. The van der Waals surface area contributed by atoms with E-state index in [0.29, 0.717) is 30.5 Å². The van der Waals surface area contributed by atoms with Crippen molar-refractivity contribution in [3.8, 4) is 0 Å². The summed E-state index contributed by atoms with van der Waals surface area (Å²) in [5.74, 6) is 1.43. The summed E-state index contributed by atoms with van der Waals surface area (Å²) in [6.07, 6.45) is 8.61. The normalized spacial score (nSPS) is 44.2. The number of hydrogen-bond donors (Lipinski definition) is 0. The molecule has 0 amide bonds. The summed E-state index contributed by atoms with van der Waals surface area (Å²) in [5, 5.41) is 0. The fraction of sp³-hybridized carbons (Fsp3) is 0.667. The van der Waals surface area contributed by atoms with E-state index in [-0.39, 0.29) is 28.3 Å². The van der Waals surface area contributed by atoms with Gasteiger partial charge in [0.05, 0.1) is 0 Å². The van der Waals surface area contributed by atoms with Crippen LogP contribution < -0.4 is 0 Å². The summed E-state index contributed by atoms with van der Waals surface area (Å²) in [4.78, 5) is 37.2. The van der Waals surface area contributed by atoms with Crippen molar-refractivity contribution in [1.29, 1.82) is 0 Å². The fourth-order valence-electron chi connectivity index (χ4n) is 6.51. The highest BCUT2D eigenvalue weighted by atomic mass is 16.1. The van der Waals surface area contributed by atoms with E-state index in [9.17, 15) is 14.4 Å². The Hall–Kier alpha value is -1.51. The van der Waals surface area contributed by atoms with Crippen LogP contribution in [0.15, 0.2) is 23.3 Å². The van der Waals surface area contributed by atoms with Crippen LogP contribution in [0.4, 0.5) is 0 Å². The van der Waals surface area contributed by atoms with Crippen LogP contribution in [-0.4, -0.2) is 17.3 Å². The first kappa shape index (κ1) is 16.0. The third-order valence-electron chi connectivity index (χ3n) is 7.62. The number of rotatable bonds is 1. The molecule has 128 valence electrons. The van der Waals surface area contributed by atoms with E-state index in [1.54, 1.807) is 6.92 Å². The molecule has 2 saturated carbocycles. The highest BCUT2D eigenvalue weighted by molar-refractivity contribution is 5.98. The lowest BCUT2D eigenvalue weighted by Crippen LogP contribution is -2.54. The molecule has 4 aliphatic carbocycles. The van der Waals surface area contributed by atoms with Crippen LogP contribution in [0.2, 0.25) is 0 Å². The van der Waals surface area contributed by atoms with Gasteiger partial charge in [-0.1, -0.05) is 25.5 Å². The van der Waals surface area contributed by atoms with Crippen molar-refractivity contribution in [1.82, 2.24) is 0 Å². The maximum atomic E-state index is 13.2. The minimum Gasteiger partial charge on any atom is -0.299 e. The lowest BCUT2D eigenvalue weighted by Gasteiger charge is -2.56. The van der Waals surface area contributed by atoms with E-state index >= 15 is 0 Å². The van der Waals surface area contributed by atoms with Crippen molar-refractivity contribution in [2.75, 3.05) is 0 Å². The first-order valence-electron chi connectivity index (χ1n) is 9.25. The molecule has 0 aromatic heterocycles. The Kier molecular flexibility index (Phi) is 3.33. The molecule has 24 heavy (non-hydrogen) atoms. The predicted molar refractivity (Wildman–Crippen MR) is 91.2 cm³/mol. The first-order chi connectivity index (χ1) is 11.3. The number of carbonyl (C=O) groups is 3. The second kappa shape index (κ2) is 5.00. The maximum absolute atomic E-state index is 13.2. The molecule has 0 N–H and O–H groups in total. The molecule has 0 saturated heterocycles. The van der Waals surface area contributed by atoms with E-state index in [4.69, 9.17) is 0 Å². The van der Waals surface area contributed by atoms with Crippen LogP contribution >= 0.6 is 0 Å². The van der Waals surface area contributed by atoms with Crippen LogP contribution in [0.1, 0.15) is 59.3 Å². The van der Waals surface area contributed by atoms with Gasteiger partial charge in [-0.25, -0.2) is 0 Å². The summed E-state index contributed by atoms with van der Waals surface area (Å²) in [6, 6.07) is 0. The summed E-state index contributed by atoms with van der Waals surface area (Å²) < 4.78 is 0. The van der Waals surface area contributed by atoms with Gasteiger partial charge in [-0.3, -0.25) is 14.4 Å². The van der Waals surface area contributed by atoms with Gasteiger partial charge in [-0.05, 0) is 61.5 Å². The number of Topliss-reactive ketones (excluding diaryl/α,β-unsaturated/α-hetero) is 2. The number of carbonyl (C=O) groups excluding carboxylic acids is 3. The van der Waals surface area contributed by atoms with Crippen LogP contribution in [0, 0.1) is 28.6 Å². The lowest BCUT2D eigenvalue weighted by atomic mass is 9.46. The molecule has 0 aliphatic heterocycles. The van der Waals surface area contributed by atoms with Gasteiger partial charge in [0.15, 0.2) is 11.6 Å². The largest absolute Gasteiger partial charge is 0.299 e. The van der Waals surface area contributed by atoms with E-state index in [1.807, 2.05) is 6.08 Å². The Balaban J connectivity index is 1.75. The van der Waals surface area contributed by atoms with Crippen LogP contribution in [0.25, 0.3) is 0 Å². The molecule has 0 radical (unpaired) electrons. The summed E-state index contributed by atoms with van der Waals surface area (Å²) in [7, 11) is 0. The van der Waals surface area contributed by atoms with Crippen LogP contribution in [-0.2, 0) is 14.4 Å². The molecular formula is C21H26O3. The van der Waals surface area contributed by atoms with Crippen molar-refractivity contribution >= 4 is 17.3 Å². The van der Waals surface area contributed by atoms with Gasteiger partial charge in [-0.15, -0.1) is 0 Å². The van der Waals surface area contributed by atoms with Gasteiger partial charge in [0, 0.05) is 24.2 Å². The zero-order chi connectivity index (χ0) is 17.3. The molecule has 0 spiro atoms. The predicted octanol–water partition coefficient (Wildman–Crippen LogP) is 3.82. The van der Waals surface area contributed by atoms with Crippen molar-refractivity contribution in [3.05, 3.63) is 23.3 Å². The molecule has 4 rings (SSSR count). The Bertz CT molecular complexity index is 713. The fourth-order valence-corrected chi connectivity index (χ4v) is 6.51. The SMILES string of the molecule is CC(=O)C1=CCC2C3CCC4=CC(=O)CCC4(C)C3C(=O)CC12C. The highest BCUT2D eigenvalue weighted by Gasteiger charge is 2.60. The third-order valence-corrected chi connectivity index (χ3v) is 7.62. The molecule has 4 aliphatic rings. The molecule has 2 fully saturated rings. The van der Waals surface area contributed by atoms with Gasteiger partial charge in [0.2, 0.25) is 0 Å². The van der Waals surface area contributed by atoms with Crippen molar-refractivity contribution in [2.24, 2.45) is 28.6 Å². The lowest BCUT2D eigenvalue weighted by molar-refractivity contribution is -0.143. The standard InChI is InChI=1S/C21H26O3/c1-12(22)16-6-7-17-15-5-4-13-10-14(23)8-9-20(13,2)19(15)18(24)11-21(16,17)3/h6,10,15,17,19H,4-5,7-9,11H2,1-3H3. The first-order valence-corrected chi connectivity index (χ1v) is 9.25. The highest BCUT2D eigenvalue weighted by Crippen LogP contribution is 2.64. The Labute approximate surface area is 143 Å². The summed E-state index contributed by atoms with van der Waals surface area (Å²) in [5.41, 5.74) is 1.67. The van der Waals surface area contributed by atoms with Gasteiger partial charge < -0.3 is 0 Å². The number of allylic oxidation sites excluding steroid dienone is 4. The quantitative estimate of drug-likeness (QED) is 0.736. The van der Waals surface area contributed by atoms with Crippen molar-refractivity contribution in [2.45, 2.75) is 59.3 Å². The van der Waals surface area contributed by atoms with Gasteiger partial charge >= 0.3 is 0 Å². The average Bonchev–Trinajstić information content (AvgIpc) is 2.84. The molecule has 0 bridgehead atoms. The second-order valence-electron chi connectivity index (χ2n) is 8.81. The van der Waals surface area contributed by atoms with E-state index in [0.717, 1.165) is 31.3 Å². The van der Waals surface area contributed by atoms with Gasteiger partial charge in [0.25, 0.3) is 0 Å².